The summed E-state index contributed by atoms with van der Waals surface area (Å²) < 4.78 is 13.6. The van der Waals surface area contributed by atoms with Crippen LogP contribution in [0.5, 0.6) is 0 Å². The first-order valence-corrected chi connectivity index (χ1v) is 8.17. The smallest absolute Gasteiger partial charge is 0.238 e. The number of nitrogens with one attached hydrogen (secondary N) is 1. The molecule has 0 spiro atoms. The Morgan fingerprint density at radius 3 is 2.40 bits per heavy atom. The minimum Gasteiger partial charge on any atom is -0.369 e. The van der Waals surface area contributed by atoms with E-state index in [2.05, 4.69) is 21.2 Å². The lowest BCUT2D eigenvalue weighted by Crippen LogP contribution is -2.48. The first-order chi connectivity index (χ1) is 12.2. The number of para-hydroxylation sites is 1. The third-order valence-corrected chi connectivity index (χ3v) is 4.25. The van der Waals surface area contributed by atoms with Gasteiger partial charge in [0.2, 0.25) is 5.91 Å². The van der Waals surface area contributed by atoms with E-state index in [4.69, 9.17) is 5.26 Å². The van der Waals surface area contributed by atoms with E-state index < -0.39 is 5.82 Å². The van der Waals surface area contributed by atoms with Crippen molar-refractivity contribution in [3.8, 4) is 6.07 Å². The zero-order chi connectivity index (χ0) is 17.6. The van der Waals surface area contributed by atoms with Crippen molar-refractivity contribution >= 4 is 17.3 Å². The molecule has 0 bridgehead atoms. The summed E-state index contributed by atoms with van der Waals surface area (Å²) in [7, 11) is 0. The van der Waals surface area contributed by atoms with E-state index in [1.807, 2.05) is 24.3 Å². The summed E-state index contributed by atoms with van der Waals surface area (Å²) in [5, 5.41) is 11.5. The topological polar surface area (TPSA) is 59.4 Å². The van der Waals surface area contributed by atoms with Crippen LogP contribution in [0.1, 0.15) is 5.56 Å². The first kappa shape index (κ1) is 16.9. The number of carbonyl (C=O) groups is 1. The van der Waals surface area contributed by atoms with Crippen LogP contribution in [0.15, 0.2) is 48.5 Å². The van der Waals surface area contributed by atoms with Gasteiger partial charge in [-0.15, -0.1) is 0 Å². The maximum atomic E-state index is 13.6. The summed E-state index contributed by atoms with van der Waals surface area (Å²) in [4.78, 5) is 16.4. The maximum absolute atomic E-state index is 13.6. The van der Waals surface area contributed by atoms with Crippen LogP contribution in [0.3, 0.4) is 0 Å². The average Bonchev–Trinajstić information content (AvgIpc) is 2.64. The standard InChI is InChI=1S/C19H19FN4O/c20-17-3-1-2-4-18(17)22-19(25)14-23-9-11-24(12-10-23)16-7-5-15(13-21)6-8-16/h1-8H,9-12,14H2,(H,22,25). The van der Waals surface area contributed by atoms with Gasteiger partial charge in [0.25, 0.3) is 0 Å². The third kappa shape index (κ3) is 4.34. The van der Waals surface area contributed by atoms with E-state index in [9.17, 15) is 9.18 Å². The van der Waals surface area contributed by atoms with Gasteiger partial charge in [0.1, 0.15) is 5.82 Å². The van der Waals surface area contributed by atoms with Crippen molar-refractivity contribution in [1.82, 2.24) is 4.90 Å². The lowest BCUT2D eigenvalue weighted by Gasteiger charge is -2.35. The zero-order valence-electron chi connectivity index (χ0n) is 13.8. The number of halogens is 1. The van der Waals surface area contributed by atoms with Crippen LogP contribution in [0, 0.1) is 17.1 Å². The van der Waals surface area contributed by atoms with Crippen LogP contribution in [0.4, 0.5) is 15.8 Å². The molecule has 0 unspecified atom stereocenters. The molecule has 1 heterocycles. The Hall–Kier alpha value is -2.91. The molecule has 0 saturated carbocycles. The van der Waals surface area contributed by atoms with E-state index in [0.29, 0.717) is 5.56 Å². The highest BCUT2D eigenvalue weighted by molar-refractivity contribution is 5.92. The lowest BCUT2D eigenvalue weighted by atomic mass is 10.2. The normalized spacial score (nSPS) is 14.8. The van der Waals surface area contributed by atoms with Gasteiger partial charge in [-0.05, 0) is 36.4 Å². The highest BCUT2D eigenvalue weighted by Crippen LogP contribution is 2.17. The number of amides is 1. The molecule has 0 radical (unpaired) electrons. The molecule has 0 aromatic heterocycles. The average molecular weight is 338 g/mol. The van der Waals surface area contributed by atoms with Crippen molar-refractivity contribution in [2.45, 2.75) is 0 Å². The van der Waals surface area contributed by atoms with Gasteiger partial charge in [0, 0.05) is 31.9 Å². The molecule has 1 aliphatic heterocycles. The maximum Gasteiger partial charge on any atom is 0.238 e. The van der Waals surface area contributed by atoms with Gasteiger partial charge < -0.3 is 10.2 Å². The second-order valence-electron chi connectivity index (χ2n) is 5.95. The van der Waals surface area contributed by atoms with Gasteiger partial charge in [0.05, 0.1) is 23.9 Å². The Kier molecular flexibility index (Phi) is 5.26. The summed E-state index contributed by atoms with van der Waals surface area (Å²) in [6.45, 7) is 3.36. The lowest BCUT2D eigenvalue weighted by molar-refractivity contribution is -0.117. The number of rotatable bonds is 4. The predicted molar refractivity (Wildman–Crippen MR) is 94.8 cm³/mol. The molecule has 2 aromatic carbocycles. The molecule has 25 heavy (non-hydrogen) atoms. The molecule has 128 valence electrons. The fraction of sp³-hybridized carbons (Fsp3) is 0.263. The quantitative estimate of drug-likeness (QED) is 0.930. The van der Waals surface area contributed by atoms with Gasteiger partial charge in [-0.25, -0.2) is 4.39 Å². The van der Waals surface area contributed by atoms with Crippen LogP contribution in [0.25, 0.3) is 0 Å². The van der Waals surface area contributed by atoms with Gasteiger partial charge >= 0.3 is 0 Å². The van der Waals surface area contributed by atoms with Crippen LogP contribution >= 0.6 is 0 Å². The fourth-order valence-electron chi connectivity index (χ4n) is 2.87. The molecular weight excluding hydrogens is 319 g/mol. The predicted octanol–water partition coefficient (Wildman–Crippen LogP) is 2.46. The minimum absolute atomic E-state index is 0.211. The Bertz CT molecular complexity index is 777. The number of hydrogen-bond acceptors (Lipinski definition) is 4. The number of carbonyl (C=O) groups excluding carboxylic acids is 1. The summed E-state index contributed by atoms with van der Waals surface area (Å²) in [6.07, 6.45) is 0. The Balaban J connectivity index is 1.49. The Labute approximate surface area is 146 Å². The molecule has 1 amide bonds. The summed E-state index contributed by atoms with van der Waals surface area (Å²) in [5.74, 6) is -0.640. The van der Waals surface area contributed by atoms with E-state index in [1.54, 1.807) is 18.2 Å². The van der Waals surface area contributed by atoms with Crippen molar-refractivity contribution in [3.63, 3.8) is 0 Å². The summed E-state index contributed by atoms with van der Waals surface area (Å²) in [5.41, 5.74) is 1.94. The van der Waals surface area contributed by atoms with E-state index >= 15 is 0 Å². The van der Waals surface area contributed by atoms with Gasteiger partial charge in [-0.2, -0.15) is 5.26 Å². The van der Waals surface area contributed by atoms with E-state index in [0.717, 1.165) is 31.9 Å². The molecule has 6 heteroatoms. The monoisotopic (exact) mass is 338 g/mol. The molecule has 1 aliphatic rings. The SMILES string of the molecule is N#Cc1ccc(N2CCN(CC(=O)Nc3ccccc3F)CC2)cc1. The van der Waals surface area contributed by atoms with Gasteiger partial charge in [-0.1, -0.05) is 12.1 Å². The Morgan fingerprint density at radius 2 is 1.76 bits per heavy atom. The number of nitrogens with zero attached hydrogens (tertiary/aromatic N) is 3. The van der Waals surface area contributed by atoms with Crippen LogP contribution < -0.4 is 10.2 Å². The number of nitriles is 1. The zero-order valence-corrected chi connectivity index (χ0v) is 13.8. The van der Waals surface area contributed by atoms with Crippen molar-refractivity contribution < 1.29 is 9.18 Å². The van der Waals surface area contributed by atoms with E-state index in [-0.39, 0.29) is 18.1 Å². The van der Waals surface area contributed by atoms with Crippen LogP contribution in [-0.4, -0.2) is 43.5 Å². The van der Waals surface area contributed by atoms with E-state index in [1.165, 1.54) is 6.07 Å². The number of anilines is 2. The third-order valence-electron chi connectivity index (χ3n) is 4.25. The van der Waals surface area contributed by atoms with Crippen molar-refractivity contribution in [2.24, 2.45) is 0 Å². The van der Waals surface area contributed by atoms with Crippen LogP contribution in [-0.2, 0) is 4.79 Å². The fourth-order valence-corrected chi connectivity index (χ4v) is 2.87. The Morgan fingerprint density at radius 1 is 1.08 bits per heavy atom. The molecule has 0 atom stereocenters. The van der Waals surface area contributed by atoms with Crippen molar-refractivity contribution in [3.05, 3.63) is 59.9 Å². The first-order valence-electron chi connectivity index (χ1n) is 8.17. The molecule has 1 saturated heterocycles. The molecule has 3 rings (SSSR count). The summed E-state index contributed by atoms with van der Waals surface area (Å²) in [6, 6.07) is 15.8. The minimum atomic E-state index is -0.429. The highest BCUT2D eigenvalue weighted by atomic mass is 19.1. The number of benzene rings is 2. The summed E-state index contributed by atoms with van der Waals surface area (Å²) >= 11 is 0. The molecule has 2 aromatic rings. The highest BCUT2D eigenvalue weighted by Gasteiger charge is 2.19. The molecule has 5 nitrogen and oxygen atoms in total. The second kappa shape index (κ2) is 7.77. The van der Waals surface area contributed by atoms with Gasteiger partial charge in [0.15, 0.2) is 0 Å². The molecule has 1 N–H and O–H groups in total. The number of piperazine rings is 1. The largest absolute Gasteiger partial charge is 0.369 e. The molecule has 1 fully saturated rings. The second-order valence-corrected chi connectivity index (χ2v) is 5.95. The van der Waals surface area contributed by atoms with Crippen LogP contribution in [0.2, 0.25) is 0 Å². The number of hydrogen-bond donors (Lipinski definition) is 1. The van der Waals surface area contributed by atoms with Crippen molar-refractivity contribution in [2.75, 3.05) is 42.9 Å². The molecule has 0 aliphatic carbocycles. The van der Waals surface area contributed by atoms with Gasteiger partial charge in [-0.3, -0.25) is 9.69 Å². The van der Waals surface area contributed by atoms with Crippen molar-refractivity contribution in [1.29, 1.82) is 5.26 Å². The molecular formula is C19H19FN4O.